The molecule has 8 heteroatoms. The number of ether oxygens (including phenoxy) is 1. The van der Waals surface area contributed by atoms with Gasteiger partial charge >= 0.3 is 21.1 Å². The lowest BCUT2D eigenvalue weighted by molar-refractivity contribution is 0.0636. The second-order valence-electron chi connectivity index (χ2n) is 3.30. The first-order chi connectivity index (χ1) is 7.39. The van der Waals surface area contributed by atoms with Crippen molar-refractivity contribution in [3.63, 3.8) is 0 Å². The van der Waals surface area contributed by atoms with E-state index in [0.29, 0.717) is 6.42 Å². The maximum absolute atomic E-state index is 12.0. The number of hydrogen-bond donors (Lipinski definition) is 1. The molecule has 4 atom stereocenters. The van der Waals surface area contributed by atoms with Crippen LogP contribution in [-0.2, 0) is 18.4 Å². The van der Waals surface area contributed by atoms with Crippen molar-refractivity contribution < 1.29 is 23.3 Å². The first-order valence-electron chi connectivity index (χ1n) is 4.99. The molecule has 5 nitrogen and oxygen atoms in total. The van der Waals surface area contributed by atoms with Gasteiger partial charge in [0.15, 0.2) is 0 Å². The summed E-state index contributed by atoms with van der Waals surface area (Å²) in [5, 5.41) is -1.81. The van der Waals surface area contributed by atoms with Crippen LogP contribution in [0.5, 0.6) is 0 Å². The van der Waals surface area contributed by atoms with Crippen LogP contribution < -0.4 is 0 Å². The number of alkyl halides is 1. The van der Waals surface area contributed by atoms with Gasteiger partial charge in [-0.05, 0) is 20.3 Å². The van der Waals surface area contributed by atoms with Gasteiger partial charge in [-0.25, -0.2) is 0 Å². The molecule has 4 unspecified atom stereocenters. The molecule has 0 aromatic heterocycles. The Bertz CT molecular complexity index is 275. The summed E-state index contributed by atoms with van der Waals surface area (Å²) < 4.78 is 33.1. The maximum Gasteiger partial charge on any atom is 0.411 e. The van der Waals surface area contributed by atoms with E-state index in [4.69, 9.17) is 20.9 Å². The Hall–Kier alpha value is 0.500. The Kier molecular flexibility index (Phi) is 7.27. The molecule has 0 aliphatic carbocycles. The third kappa shape index (κ3) is 3.76. The Morgan fingerprint density at radius 3 is 2.44 bits per heavy atom. The molecule has 0 aliphatic heterocycles. The summed E-state index contributed by atoms with van der Waals surface area (Å²) in [5.74, 6) is -0.354. The summed E-state index contributed by atoms with van der Waals surface area (Å²) in [6.07, 6.45) is 0.145. The molecule has 16 heavy (non-hydrogen) atoms. The Labute approximate surface area is 102 Å². The summed E-state index contributed by atoms with van der Waals surface area (Å²) >= 11 is 5.58. The lowest BCUT2D eigenvalue weighted by Crippen LogP contribution is -2.30. The maximum atomic E-state index is 12.0. The molecule has 0 radical (unpaired) electrons. The van der Waals surface area contributed by atoms with Crippen molar-refractivity contribution in [2.75, 3.05) is 12.5 Å². The van der Waals surface area contributed by atoms with E-state index in [9.17, 15) is 14.0 Å². The minimum absolute atomic E-state index is 0.135. The predicted molar refractivity (Wildman–Crippen MR) is 64.7 cm³/mol. The van der Waals surface area contributed by atoms with Crippen LogP contribution in [-0.4, -0.2) is 28.6 Å². The highest BCUT2D eigenvalue weighted by atomic mass is 35.5. The first-order valence-corrected chi connectivity index (χ1v) is 8.01. The SMILES string of the molecule is CCOC(CCl)([PH+]=O)P(=O)(O)OC(C)CC. The molecule has 96 valence electrons. The highest BCUT2D eigenvalue weighted by Crippen LogP contribution is 2.62. The molecular formula is C8H18ClO5P2+. The minimum atomic E-state index is -4.18. The van der Waals surface area contributed by atoms with Gasteiger partial charge in [0, 0.05) is 6.61 Å². The Balaban J connectivity index is 5.02. The van der Waals surface area contributed by atoms with Crippen LogP contribution in [0, 0.1) is 0 Å². The van der Waals surface area contributed by atoms with Gasteiger partial charge in [0.2, 0.25) is 0 Å². The zero-order valence-corrected chi connectivity index (χ0v) is 12.3. The number of hydrogen-bond acceptors (Lipinski definition) is 4. The van der Waals surface area contributed by atoms with Gasteiger partial charge < -0.3 is 14.2 Å². The molecule has 0 rings (SSSR count). The average Bonchev–Trinajstić information content (AvgIpc) is 2.24. The molecule has 0 saturated carbocycles. The van der Waals surface area contributed by atoms with Crippen molar-refractivity contribution in [3.05, 3.63) is 0 Å². The quantitative estimate of drug-likeness (QED) is 0.550. The second-order valence-corrected chi connectivity index (χ2v) is 6.97. The fourth-order valence-electron chi connectivity index (χ4n) is 0.952. The van der Waals surface area contributed by atoms with E-state index in [2.05, 4.69) is 0 Å². The molecule has 0 heterocycles. The van der Waals surface area contributed by atoms with E-state index in [1.54, 1.807) is 13.8 Å². The van der Waals surface area contributed by atoms with Gasteiger partial charge in [0.1, 0.15) is 5.88 Å². The summed E-state index contributed by atoms with van der Waals surface area (Å²) in [6.45, 7) is 5.23. The van der Waals surface area contributed by atoms with Crippen molar-refractivity contribution in [3.8, 4) is 0 Å². The third-order valence-corrected chi connectivity index (χ3v) is 6.47. The van der Waals surface area contributed by atoms with Crippen molar-refractivity contribution in [2.45, 2.75) is 38.4 Å². The summed E-state index contributed by atoms with van der Waals surface area (Å²) in [5.41, 5.74) is 0. The van der Waals surface area contributed by atoms with Crippen LogP contribution in [0.1, 0.15) is 27.2 Å². The number of rotatable bonds is 8. The average molecular weight is 292 g/mol. The summed E-state index contributed by atoms with van der Waals surface area (Å²) in [4.78, 5) is 9.79. The van der Waals surface area contributed by atoms with Crippen molar-refractivity contribution >= 4 is 27.7 Å². The minimum Gasteiger partial charge on any atom is -0.323 e. The van der Waals surface area contributed by atoms with E-state index >= 15 is 0 Å². The topological polar surface area (TPSA) is 72.8 Å². The molecule has 1 N–H and O–H groups in total. The van der Waals surface area contributed by atoms with E-state index < -0.39 is 27.2 Å². The highest BCUT2D eigenvalue weighted by Gasteiger charge is 2.59. The summed E-state index contributed by atoms with van der Waals surface area (Å²) in [7, 11) is -5.34. The van der Waals surface area contributed by atoms with Gasteiger partial charge in [-0.1, -0.05) is 11.5 Å². The van der Waals surface area contributed by atoms with E-state index in [1.165, 1.54) is 0 Å². The van der Waals surface area contributed by atoms with Crippen LogP contribution in [0.25, 0.3) is 0 Å². The fraction of sp³-hybridized carbons (Fsp3) is 1.00. The summed E-state index contributed by atoms with van der Waals surface area (Å²) in [6, 6.07) is 0. The normalized spacial score (nSPS) is 21.3. The Morgan fingerprint density at radius 2 is 2.12 bits per heavy atom. The van der Waals surface area contributed by atoms with Gasteiger partial charge in [0.25, 0.3) is 0 Å². The van der Waals surface area contributed by atoms with E-state index in [-0.39, 0.29) is 12.5 Å². The predicted octanol–water partition coefficient (Wildman–Crippen LogP) is 2.94. The zero-order chi connectivity index (χ0) is 12.8. The largest absolute Gasteiger partial charge is 0.411 e. The molecular weight excluding hydrogens is 273 g/mol. The first kappa shape index (κ1) is 16.5. The lowest BCUT2D eigenvalue weighted by Gasteiger charge is -2.25. The van der Waals surface area contributed by atoms with Crippen LogP contribution >= 0.6 is 27.7 Å². The monoisotopic (exact) mass is 291 g/mol. The molecule has 0 saturated heterocycles. The molecule has 0 fully saturated rings. The Morgan fingerprint density at radius 1 is 1.56 bits per heavy atom. The molecule has 0 aliphatic rings. The van der Waals surface area contributed by atoms with Crippen molar-refractivity contribution in [2.24, 2.45) is 0 Å². The smallest absolute Gasteiger partial charge is 0.323 e. The zero-order valence-electron chi connectivity index (χ0n) is 9.60. The van der Waals surface area contributed by atoms with Crippen LogP contribution in [0.3, 0.4) is 0 Å². The standard InChI is InChI=1S/C8H17ClO5P2/c1-4-7(3)14-16(11,12)8(6-9,15-10)13-5-2/h7H,4-6H2,1-3H3,(H,11,12)/p+1. The third-order valence-electron chi connectivity index (χ3n) is 2.08. The van der Waals surface area contributed by atoms with Crippen molar-refractivity contribution in [1.82, 2.24) is 0 Å². The molecule has 0 aromatic carbocycles. The molecule has 0 bridgehead atoms. The van der Waals surface area contributed by atoms with Gasteiger partial charge in [-0.2, -0.15) is 0 Å². The van der Waals surface area contributed by atoms with Gasteiger partial charge in [-0.15, -0.1) is 11.6 Å². The van der Waals surface area contributed by atoms with Crippen molar-refractivity contribution in [1.29, 1.82) is 0 Å². The second kappa shape index (κ2) is 7.05. The molecule has 0 amide bonds. The van der Waals surface area contributed by atoms with Crippen LogP contribution in [0.15, 0.2) is 0 Å². The van der Waals surface area contributed by atoms with Gasteiger partial charge in [0.05, 0.1) is 6.10 Å². The van der Waals surface area contributed by atoms with Crippen LogP contribution in [0.2, 0.25) is 0 Å². The van der Waals surface area contributed by atoms with Gasteiger partial charge in [-0.3, -0.25) is 4.57 Å². The van der Waals surface area contributed by atoms with Crippen LogP contribution in [0.4, 0.5) is 0 Å². The fourth-order valence-corrected chi connectivity index (χ4v) is 3.77. The highest BCUT2D eigenvalue weighted by molar-refractivity contribution is 7.64. The molecule has 0 spiro atoms. The van der Waals surface area contributed by atoms with E-state index in [1.807, 2.05) is 6.92 Å². The van der Waals surface area contributed by atoms with E-state index in [0.717, 1.165) is 0 Å². The number of halogens is 1. The lowest BCUT2D eigenvalue weighted by atomic mass is 10.3. The molecule has 0 aromatic rings.